The van der Waals surface area contributed by atoms with E-state index in [2.05, 4.69) is 5.32 Å². The summed E-state index contributed by atoms with van der Waals surface area (Å²) in [6.45, 7) is 1.50. The fraction of sp³-hybridized carbons (Fsp3) is 0.263. The van der Waals surface area contributed by atoms with E-state index in [9.17, 15) is 14.7 Å². The Bertz CT molecular complexity index is 758. The summed E-state index contributed by atoms with van der Waals surface area (Å²) in [5.41, 5.74) is 9.61. The SMILES string of the molecule is C[C@@H](O)[C@H](NC(=O)OCC1c2ccccc2-c2ccccc21)C(N)=O. The van der Waals surface area contributed by atoms with Crippen molar-refractivity contribution in [3.8, 4) is 11.1 Å². The molecule has 3 rings (SSSR count). The number of nitrogens with one attached hydrogen (secondary N) is 1. The lowest BCUT2D eigenvalue weighted by molar-refractivity contribution is -0.122. The van der Waals surface area contributed by atoms with Gasteiger partial charge in [0.15, 0.2) is 0 Å². The van der Waals surface area contributed by atoms with Gasteiger partial charge in [-0.25, -0.2) is 4.79 Å². The molecule has 0 saturated heterocycles. The van der Waals surface area contributed by atoms with E-state index in [0.29, 0.717) is 0 Å². The van der Waals surface area contributed by atoms with Crippen LogP contribution in [0.15, 0.2) is 48.5 Å². The van der Waals surface area contributed by atoms with Crippen LogP contribution in [0.25, 0.3) is 11.1 Å². The van der Waals surface area contributed by atoms with Crippen LogP contribution in [0.3, 0.4) is 0 Å². The van der Waals surface area contributed by atoms with Crippen molar-refractivity contribution in [1.29, 1.82) is 0 Å². The summed E-state index contributed by atoms with van der Waals surface area (Å²) in [7, 11) is 0. The first-order valence-corrected chi connectivity index (χ1v) is 8.08. The second-order valence-electron chi connectivity index (χ2n) is 6.09. The van der Waals surface area contributed by atoms with Crippen molar-refractivity contribution < 1.29 is 19.4 Å². The molecule has 4 N–H and O–H groups in total. The number of carbonyl (C=O) groups excluding carboxylic acids is 2. The predicted molar refractivity (Wildman–Crippen MR) is 92.9 cm³/mol. The van der Waals surface area contributed by atoms with E-state index in [1.165, 1.54) is 6.92 Å². The Labute approximate surface area is 145 Å². The zero-order valence-electron chi connectivity index (χ0n) is 13.8. The number of benzene rings is 2. The standard InChI is InChI=1S/C19H20N2O4/c1-11(22)17(18(20)23)21-19(24)25-10-16-14-8-4-2-6-12(14)13-7-3-5-9-15(13)16/h2-9,11,16-17,22H,10H2,1H3,(H2,20,23)(H,21,24)/t11-,17+/m1/s1. The lowest BCUT2D eigenvalue weighted by atomic mass is 9.98. The van der Waals surface area contributed by atoms with Crippen LogP contribution in [0.4, 0.5) is 4.79 Å². The summed E-state index contributed by atoms with van der Waals surface area (Å²) < 4.78 is 5.30. The van der Waals surface area contributed by atoms with Gasteiger partial charge in [0.1, 0.15) is 12.6 Å². The van der Waals surface area contributed by atoms with Crippen molar-refractivity contribution in [2.75, 3.05) is 6.61 Å². The van der Waals surface area contributed by atoms with E-state index >= 15 is 0 Å². The second kappa shape index (κ2) is 6.94. The van der Waals surface area contributed by atoms with Gasteiger partial charge >= 0.3 is 6.09 Å². The highest BCUT2D eigenvalue weighted by Crippen LogP contribution is 2.44. The van der Waals surface area contributed by atoms with Crippen LogP contribution in [0.1, 0.15) is 24.0 Å². The number of hydrogen-bond acceptors (Lipinski definition) is 4. The van der Waals surface area contributed by atoms with E-state index in [1.54, 1.807) is 0 Å². The third-order valence-corrected chi connectivity index (χ3v) is 4.41. The van der Waals surface area contributed by atoms with E-state index in [4.69, 9.17) is 10.5 Å². The summed E-state index contributed by atoms with van der Waals surface area (Å²) in [4.78, 5) is 23.2. The number of alkyl carbamates (subject to hydrolysis) is 1. The molecule has 0 radical (unpaired) electrons. The molecule has 6 heteroatoms. The second-order valence-corrected chi connectivity index (χ2v) is 6.09. The van der Waals surface area contributed by atoms with E-state index < -0.39 is 24.1 Å². The summed E-state index contributed by atoms with van der Waals surface area (Å²) >= 11 is 0. The van der Waals surface area contributed by atoms with Gasteiger partial charge in [0, 0.05) is 5.92 Å². The van der Waals surface area contributed by atoms with Crippen molar-refractivity contribution in [1.82, 2.24) is 5.32 Å². The minimum absolute atomic E-state index is 0.0725. The van der Waals surface area contributed by atoms with Crippen LogP contribution in [0.2, 0.25) is 0 Å². The molecule has 1 aliphatic carbocycles. The van der Waals surface area contributed by atoms with Crippen molar-refractivity contribution in [3.63, 3.8) is 0 Å². The molecular formula is C19H20N2O4. The molecule has 0 saturated carbocycles. The molecule has 2 amide bonds. The third-order valence-electron chi connectivity index (χ3n) is 4.41. The van der Waals surface area contributed by atoms with Gasteiger partial charge in [-0.3, -0.25) is 4.79 Å². The highest BCUT2D eigenvalue weighted by Gasteiger charge is 2.30. The van der Waals surface area contributed by atoms with E-state index in [-0.39, 0.29) is 12.5 Å². The van der Waals surface area contributed by atoms with Gasteiger partial charge in [0.2, 0.25) is 5.91 Å². The van der Waals surface area contributed by atoms with Crippen LogP contribution < -0.4 is 11.1 Å². The van der Waals surface area contributed by atoms with Crippen molar-refractivity contribution >= 4 is 12.0 Å². The number of carbonyl (C=O) groups is 2. The van der Waals surface area contributed by atoms with Crippen molar-refractivity contribution in [2.45, 2.75) is 25.0 Å². The maximum atomic E-state index is 12.0. The normalized spacial score (nSPS) is 15.0. The largest absolute Gasteiger partial charge is 0.449 e. The highest BCUT2D eigenvalue weighted by molar-refractivity contribution is 5.85. The molecular weight excluding hydrogens is 320 g/mol. The first-order chi connectivity index (χ1) is 12.0. The van der Waals surface area contributed by atoms with E-state index in [0.717, 1.165) is 22.3 Å². The van der Waals surface area contributed by atoms with Gasteiger partial charge in [-0.05, 0) is 29.2 Å². The number of aliphatic hydroxyl groups is 1. The first kappa shape index (κ1) is 17.0. The fourth-order valence-corrected chi connectivity index (χ4v) is 3.20. The van der Waals surface area contributed by atoms with Gasteiger partial charge in [-0.2, -0.15) is 0 Å². The number of rotatable bonds is 5. The first-order valence-electron chi connectivity index (χ1n) is 8.08. The summed E-state index contributed by atoms with van der Waals surface area (Å²) in [5, 5.41) is 11.8. The molecule has 2 aromatic rings. The lowest BCUT2D eigenvalue weighted by Crippen LogP contribution is -2.51. The van der Waals surface area contributed by atoms with Gasteiger partial charge in [-0.15, -0.1) is 0 Å². The Morgan fingerprint density at radius 2 is 1.64 bits per heavy atom. The smallest absolute Gasteiger partial charge is 0.407 e. The Balaban J connectivity index is 1.73. The molecule has 0 unspecified atom stereocenters. The lowest BCUT2D eigenvalue weighted by Gasteiger charge is -2.19. The average molecular weight is 340 g/mol. The zero-order valence-corrected chi connectivity index (χ0v) is 13.8. The van der Waals surface area contributed by atoms with Crippen LogP contribution in [0.5, 0.6) is 0 Å². The number of nitrogens with two attached hydrogens (primary N) is 1. The quantitative estimate of drug-likeness (QED) is 0.772. The number of fused-ring (bicyclic) bond motifs is 3. The topological polar surface area (TPSA) is 102 Å². The molecule has 2 atom stereocenters. The molecule has 25 heavy (non-hydrogen) atoms. The number of primary amides is 1. The minimum atomic E-state index is -1.18. The monoisotopic (exact) mass is 340 g/mol. The molecule has 130 valence electrons. The van der Waals surface area contributed by atoms with Crippen molar-refractivity contribution in [3.05, 3.63) is 59.7 Å². The molecule has 2 aromatic carbocycles. The van der Waals surface area contributed by atoms with Gasteiger partial charge < -0.3 is 20.9 Å². The molecule has 1 aliphatic rings. The number of amides is 2. The minimum Gasteiger partial charge on any atom is -0.449 e. The Morgan fingerprint density at radius 1 is 1.12 bits per heavy atom. The highest BCUT2D eigenvalue weighted by atomic mass is 16.5. The molecule has 0 bridgehead atoms. The zero-order chi connectivity index (χ0) is 18.0. The molecule has 0 spiro atoms. The number of ether oxygens (including phenoxy) is 1. The van der Waals surface area contributed by atoms with Gasteiger partial charge in [0.25, 0.3) is 0 Å². The molecule has 6 nitrogen and oxygen atoms in total. The molecule has 0 fully saturated rings. The number of hydrogen-bond donors (Lipinski definition) is 3. The molecule has 0 heterocycles. The maximum absolute atomic E-state index is 12.0. The number of aliphatic hydroxyl groups excluding tert-OH is 1. The Kier molecular flexibility index (Phi) is 4.72. The van der Waals surface area contributed by atoms with E-state index in [1.807, 2.05) is 48.5 Å². The van der Waals surface area contributed by atoms with Crippen LogP contribution in [-0.2, 0) is 9.53 Å². The maximum Gasteiger partial charge on any atom is 0.407 e. The summed E-state index contributed by atoms with van der Waals surface area (Å²) in [6, 6.07) is 14.8. The average Bonchev–Trinajstić information content (AvgIpc) is 2.91. The van der Waals surface area contributed by atoms with Crippen LogP contribution >= 0.6 is 0 Å². The third kappa shape index (κ3) is 3.34. The summed E-state index contributed by atoms with van der Waals surface area (Å²) in [6.07, 6.45) is -1.88. The molecule has 0 aromatic heterocycles. The molecule has 0 aliphatic heterocycles. The van der Waals surface area contributed by atoms with Gasteiger partial charge in [0.05, 0.1) is 6.10 Å². The van der Waals surface area contributed by atoms with Gasteiger partial charge in [-0.1, -0.05) is 48.5 Å². The van der Waals surface area contributed by atoms with Crippen LogP contribution in [-0.4, -0.2) is 35.9 Å². The predicted octanol–water partition coefficient (Wildman–Crippen LogP) is 1.76. The van der Waals surface area contributed by atoms with Crippen molar-refractivity contribution in [2.24, 2.45) is 5.73 Å². The Morgan fingerprint density at radius 3 is 2.12 bits per heavy atom. The summed E-state index contributed by atoms with van der Waals surface area (Å²) in [5.74, 6) is -0.889. The fourth-order valence-electron chi connectivity index (χ4n) is 3.20. The Hall–Kier alpha value is -2.86. The van der Waals surface area contributed by atoms with Crippen LogP contribution in [0, 0.1) is 0 Å².